The highest BCUT2D eigenvalue weighted by Crippen LogP contribution is 2.36. The molecule has 1 aliphatic heterocycles. The van der Waals surface area contributed by atoms with Crippen LogP contribution < -0.4 is 14.8 Å². The molecule has 3 heterocycles. The van der Waals surface area contributed by atoms with Gasteiger partial charge in [0.05, 0.1) is 36.0 Å². The van der Waals surface area contributed by atoms with E-state index in [9.17, 15) is 4.39 Å². The largest absolute Gasteiger partial charge is 0.490 e. The minimum atomic E-state index is -0.313. The van der Waals surface area contributed by atoms with Gasteiger partial charge >= 0.3 is 0 Å². The predicted octanol–water partition coefficient (Wildman–Crippen LogP) is 6.29. The maximum absolute atomic E-state index is 14.7. The second kappa shape index (κ2) is 11.6. The highest BCUT2D eigenvalue weighted by molar-refractivity contribution is 7.99. The summed E-state index contributed by atoms with van der Waals surface area (Å²) in [4.78, 5) is 16.7. The molecule has 4 aromatic rings. The summed E-state index contributed by atoms with van der Waals surface area (Å²) in [6.07, 6.45) is 0. The lowest BCUT2D eigenvalue weighted by Crippen LogP contribution is -2.32. The van der Waals surface area contributed by atoms with Crippen LogP contribution in [-0.4, -0.2) is 57.7 Å². The van der Waals surface area contributed by atoms with Crippen molar-refractivity contribution in [2.75, 3.05) is 43.1 Å². The molecule has 1 aliphatic rings. The van der Waals surface area contributed by atoms with Crippen LogP contribution >= 0.6 is 23.1 Å². The van der Waals surface area contributed by atoms with E-state index in [1.165, 1.54) is 17.4 Å². The molecule has 0 aliphatic carbocycles. The Morgan fingerprint density at radius 3 is 2.46 bits per heavy atom. The minimum Gasteiger partial charge on any atom is -0.490 e. The van der Waals surface area contributed by atoms with E-state index >= 15 is 0 Å². The molecule has 0 unspecified atom stereocenters. The van der Waals surface area contributed by atoms with Gasteiger partial charge in [-0.15, -0.1) is 11.3 Å². The van der Waals surface area contributed by atoms with E-state index in [1.54, 1.807) is 12.1 Å². The first-order valence-electron chi connectivity index (χ1n) is 12.4. The Labute approximate surface area is 224 Å². The fourth-order valence-electron chi connectivity index (χ4n) is 4.27. The highest BCUT2D eigenvalue weighted by atomic mass is 32.2. The van der Waals surface area contributed by atoms with Gasteiger partial charge in [0, 0.05) is 52.7 Å². The third-order valence-corrected chi connectivity index (χ3v) is 7.72. The molecule has 0 spiro atoms. The molecule has 0 amide bonds. The molecule has 1 fully saturated rings. The van der Waals surface area contributed by atoms with E-state index in [-0.39, 0.29) is 5.82 Å². The molecule has 1 saturated heterocycles. The topological polar surface area (TPSA) is 72.4 Å². The standard InChI is InChI=1S/C27H30FN5O2S2/c1-4-34-24-13-20-22(14-25(24)35-5-2)31-26(15-33-8-10-36-11-9-33)32-27(20)30-18-6-7-21(28)19(12-18)23-16-37-17(3)29-23/h6-7,12-14,16H,4-5,8-11,15H2,1-3H3,(H,30,31,32). The number of aryl methyl sites for hydroxylation is 1. The average Bonchev–Trinajstić information content (AvgIpc) is 3.33. The summed E-state index contributed by atoms with van der Waals surface area (Å²) in [5.74, 6) is 4.57. The number of hydrogen-bond acceptors (Lipinski definition) is 9. The van der Waals surface area contributed by atoms with Crippen molar-refractivity contribution < 1.29 is 13.9 Å². The summed E-state index contributed by atoms with van der Waals surface area (Å²) in [5.41, 5.74) is 2.56. The van der Waals surface area contributed by atoms with Crippen LogP contribution in [-0.2, 0) is 6.54 Å². The SMILES string of the molecule is CCOc1cc2nc(CN3CCSCC3)nc(Nc3ccc(F)c(-c4csc(C)n4)c3)c2cc1OCC. The lowest BCUT2D eigenvalue weighted by molar-refractivity contribution is 0.286. The molecule has 0 bridgehead atoms. The lowest BCUT2D eigenvalue weighted by atomic mass is 10.1. The zero-order chi connectivity index (χ0) is 25.8. The molecule has 194 valence electrons. The van der Waals surface area contributed by atoms with Gasteiger partial charge in [0.15, 0.2) is 11.5 Å². The molecule has 2 aromatic carbocycles. The van der Waals surface area contributed by atoms with Gasteiger partial charge in [-0.3, -0.25) is 4.90 Å². The molecule has 2 aromatic heterocycles. The van der Waals surface area contributed by atoms with Crippen molar-refractivity contribution in [2.45, 2.75) is 27.3 Å². The van der Waals surface area contributed by atoms with Crippen molar-refractivity contribution in [1.29, 1.82) is 0 Å². The Bertz CT molecular complexity index is 1390. The van der Waals surface area contributed by atoms with Crippen LogP contribution in [0, 0.1) is 12.7 Å². The van der Waals surface area contributed by atoms with Crippen LogP contribution in [0.25, 0.3) is 22.2 Å². The monoisotopic (exact) mass is 539 g/mol. The van der Waals surface area contributed by atoms with E-state index < -0.39 is 0 Å². The molecule has 7 nitrogen and oxygen atoms in total. The zero-order valence-electron chi connectivity index (χ0n) is 21.2. The number of nitrogens with zero attached hydrogens (tertiary/aromatic N) is 4. The molecule has 10 heteroatoms. The number of rotatable bonds is 9. The molecular formula is C27H30FN5O2S2. The molecule has 1 N–H and O–H groups in total. The van der Waals surface area contributed by atoms with Crippen LogP contribution in [0.4, 0.5) is 15.9 Å². The van der Waals surface area contributed by atoms with Crippen LogP contribution in [0.2, 0.25) is 0 Å². The highest BCUT2D eigenvalue weighted by Gasteiger charge is 2.18. The van der Waals surface area contributed by atoms with Gasteiger partial charge < -0.3 is 14.8 Å². The average molecular weight is 540 g/mol. The molecule has 5 rings (SSSR count). The maximum atomic E-state index is 14.7. The van der Waals surface area contributed by atoms with E-state index in [0.29, 0.717) is 54.0 Å². The molecule has 0 saturated carbocycles. The Hall–Kier alpha value is -2.95. The summed E-state index contributed by atoms with van der Waals surface area (Å²) >= 11 is 3.47. The van der Waals surface area contributed by atoms with Gasteiger partial charge in [0.1, 0.15) is 17.5 Å². The van der Waals surface area contributed by atoms with E-state index in [4.69, 9.17) is 19.4 Å². The first-order valence-corrected chi connectivity index (χ1v) is 14.5. The van der Waals surface area contributed by atoms with Gasteiger partial charge in [0.2, 0.25) is 0 Å². The zero-order valence-corrected chi connectivity index (χ0v) is 22.8. The molecule has 37 heavy (non-hydrogen) atoms. The third-order valence-electron chi connectivity index (χ3n) is 6.00. The normalized spacial score (nSPS) is 14.2. The molecule has 0 atom stereocenters. The number of benzene rings is 2. The van der Waals surface area contributed by atoms with Crippen LogP contribution in [0.3, 0.4) is 0 Å². The van der Waals surface area contributed by atoms with Gasteiger partial charge in [-0.2, -0.15) is 11.8 Å². The number of fused-ring (bicyclic) bond motifs is 1. The second-order valence-corrected chi connectivity index (χ2v) is 10.9. The maximum Gasteiger partial charge on any atom is 0.163 e. The minimum absolute atomic E-state index is 0.313. The van der Waals surface area contributed by atoms with E-state index in [2.05, 4.69) is 15.2 Å². The number of anilines is 2. The third kappa shape index (κ3) is 5.97. The summed E-state index contributed by atoms with van der Waals surface area (Å²) < 4.78 is 26.4. The van der Waals surface area contributed by atoms with Crippen LogP contribution in [0.5, 0.6) is 11.5 Å². The van der Waals surface area contributed by atoms with Gasteiger partial charge in [-0.05, 0) is 45.0 Å². The van der Waals surface area contributed by atoms with Crippen molar-refractivity contribution in [3.63, 3.8) is 0 Å². The van der Waals surface area contributed by atoms with Gasteiger partial charge in [0.25, 0.3) is 0 Å². The molecule has 0 radical (unpaired) electrons. The quantitative estimate of drug-likeness (QED) is 0.266. The fraction of sp³-hybridized carbons (Fsp3) is 0.370. The number of ether oxygens (including phenoxy) is 2. The van der Waals surface area contributed by atoms with E-state index in [0.717, 1.165) is 46.3 Å². The van der Waals surface area contributed by atoms with E-state index in [1.807, 2.05) is 50.0 Å². The molecular weight excluding hydrogens is 509 g/mol. The van der Waals surface area contributed by atoms with Gasteiger partial charge in [-0.25, -0.2) is 19.3 Å². The Kier molecular flexibility index (Phi) is 8.07. The summed E-state index contributed by atoms with van der Waals surface area (Å²) in [6, 6.07) is 8.78. The first kappa shape index (κ1) is 25.7. The Morgan fingerprint density at radius 1 is 1.00 bits per heavy atom. The summed E-state index contributed by atoms with van der Waals surface area (Å²) in [7, 11) is 0. The van der Waals surface area contributed by atoms with Gasteiger partial charge in [-0.1, -0.05) is 0 Å². The van der Waals surface area contributed by atoms with Crippen molar-refractivity contribution in [1.82, 2.24) is 19.9 Å². The number of nitrogens with one attached hydrogen (secondary N) is 1. The number of hydrogen-bond donors (Lipinski definition) is 1. The fourth-order valence-corrected chi connectivity index (χ4v) is 5.86. The smallest absolute Gasteiger partial charge is 0.163 e. The first-order chi connectivity index (χ1) is 18.0. The summed E-state index contributed by atoms with van der Waals surface area (Å²) in [5, 5.41) is 7.00. The predicted molar refractivity (Wildman–Crippen MR) is 150 cm³/mol. The van der Waals surface area contributed by atoms with Crippen LogP contribution in [0.15, 0.2) is 35.7 Å². The summed E-state index contributed by atoms with van der Waals surface area (Å²) in [6.45, 7) is 9.51. The number of thioether (sulfide) groups is 1. The number of halogens is 1. The number of aromatic nitrogens is 3. The Balaban J connectivity index is 1.57. The van der Waals surface area contributed by atoms with Crippen molar-refractivity contribution in [2.24, 2.45) is 0 Å². The number of thiazole rings is 1. The lowest BCUT2D eigenvalue weighted by Gasteiger charge is -2.25. The van der Waals surface area contributed by atoms with Crippen molar-refractivity contribution >= 4 is 45.5 Å². The Morgan fingerprint density at radius 2 is 1.76 bits per heavy atom. The van der Waals surface area contributed by atoms with Crippen LogP contribution in [0.1, 0.15) is 24.7 Å². The van der Waals surface area contributed by atoms with Crippen molar-refractivity contribution in [3.05, 3.63) is 52.4 Å². The second-order valence-electron chi connectivity index (χ2n) is 8.63. The van der Waals surface area contributed by atoms with Crippen molar-refractivity contribution in [3.8, 4) is 22.8 Å².